The summed E-state index contributed by atoms with van der Waals surface area (Å²) in [5.74, 6) is -1.50. The molecule has 0 saturated heterocycles. The molecule has 12 heavy (non-hydrogen) atoms. The molecule has 0 amide bonds. The monoisotopic (exact) mass is 169 g/mol. The summed E-state index contributed by atoms with van der Waals surface area (Å²) in [6.07, 6.45) is 0.728. The molecule has 5 nitrogen and oxygen atoms in total. The summed E-state index contributed by atoms with van der Waals surface area (Å²) >= 11 is 0. The van der Waals surface area contributed by atoms with Gasteiger partial charge < -0.3 is 15.4 Å². The molecule has 0 unspecified atom stereocenters. The van der Waals surface area contributed by atoms with E-state index in [0.29, 0.717) is 0 Å². The molecule has 0 aliphatic heterocycles. The molecule has 2 N–H and O–H groups in total. The topological polar surface area (TPSA) is 84.5 Å². The molecular weight excluding hydrogens is 162 g/mol. The Morgan fingerprint density at radius 3 is 2.58 bits per heavy atom. The summed E-state index contributed by atoms with van der Waals surface area (Å²) in [6, 6.07) is 0.921. The minimum Gasteiger partial charge on any atom is -0.618 e. The molecular formula is C7H7NO4. The molecule has 0 bridgehead atoms. The number of ketones is 1. The van der Waals surface area contributed by atoms with Crippen molar-refractivity contribution in [1.82, 2.24) is 0 Å². The smallest absolute Gasteiger partial charge is 0.263 e. The van der Waals surface area contributed by atoms with Crippen molar-refractivity contribution in [3.8, 4) is 11.5 Å². The molecule has 1 rings (SSSR count). The number of aromatic hydroxyl groups is 2. The van der Waals surface area contributed by atoms with Crippen molar-refractivity contribution in [2.75, 3.05) is 0 Å². The van der Waals surface area contributed by atoms with Crippen LogP contribution < -0.4 is 4.73 Å². The molecule has 1 aromatic heterocycles. The van der Waals surface area contributed by atoms with Crippen LogP contribution in [0.25, 0.3) is 0 Å². The highest BCUT2D eigenvalue weighted by Gasteiger charge is 2.15. The van der Waals surface area contributed by atoms with Crippen molar-refractivity contribution in [2.24, 2.45) is 0 Å². The van der Waals surface area contributed by atoms with Gasteiger partial charge in [-0.2, -0.15) is 4.73 Å². The highest BCUT2D eigenvalue weighted by atomic mass is 16.5. The molecule has 0 aliphatic rings. The number of nitrogens with zero attached hydrogens (tertiary/aromatic N) is 1. The van der Waals surface area contributed by atoms with E-state index in [1.165, 1.54) is 6.92 Å². The summed E-state index contributed by atoms with van der Waals surface area (Å²) in [6.45, 7) is 1.19. The zero-order chi connectivity index (χ0) is 9.30. The third-order valence-electron chi connectivity index (χ3n) is 1.37. The van der Waals surface area contributed by atoms with Crippen LogP contribution in [0.1, 0.15) is 17.4 Å². The second kappa shape index (κ2) is 2.69. The predicted octanol–water partition coefficient (Wildman–Crippen LogP) is -0.0662. The lowest BCUT2D eigenvalue weighted by Gasteiger charge is -2.02. The maximum Gasteiger partial charge on any atom is 0.263 e. The molecule has 0 aliphatic carbocycles. The number of pyridine rings is 1. The Labute approximate surface area is 68.1 Å². The molecule has 0 aromatic carbocycles. The number of rotatable bonds is 1. The molecule has 1 heterocycles. The van der Waals surface area contributed by atoms with Crippen molar-refractivity contribution in [2.45, 2.75) is 6.92 Å². The molecule has 1 aromatic rings. The second-order valence-corrected chi connectivity index (χ2v) is 2.31. The van der Waals surface area contributed by atoms with E-state index >= 15 is 0 Å². The van der Waals surface area contributed by atoms with Crippen molar-refractivity contribution < 1.29 is 19.7 Å². The number of Topliss-reactive ketones (excluding diaryl/α,β-unsaturated/α-hetero) is 1. The van der Waals surface area contributed by atoms with Crippen LogP contribution in [-0.4, -0.2) is 16.0 Å². The lowest BCUT2D eigenvalue weighted by atomic mass is 10.2. The average Bonchev–Trinajstić information content (AvgIpc) is 1.96. The fourth-order valence-corrected chi connectivity index (χ4v) is 0.771. The van der Waals surface area contributed by atoms with E-state index in [1.54, 1.807) is 0 Å². The van der Waals surface area contributed by atoms with Crippen LogP contribution in [0.5, 0.6) is 11.5 Å². The summed E-state index contributed by atoms with van der Waals surface area (Å²) in [5.41, 5.74) is -0.203. The summed E-state index contributed by atoms with van der Waals surface area (Å²) in [4.78, 5) is 10.7. The Hall–Kier alpha value is -1.78. The maximum atomic E-state index is 10.9. The average molecular weight is 169 g/mol. The number of hydrogen-bond acceptors (Lipinski definition) is 4. The van der Waals surface area contributed by atoms with Gasteiger partial charge in [-0.25, -0.2) is 0 Å². The van der Waals surface area contributed by atoms with Gasteiger partial charge in [-0.3, -0.25) is 4.79 Å². The van der Waals surface area contributed by atoms with E-state index in [0.717, 1.165) is 12.3 Å². The normalized spacial score (nSPS) is 9.75. The number of carbonyl (C=O) groups is 1. The van der Waals surface area contributed by atoms with E-state index in [4.69, 9.17) is 10.2 Å². The lowest BCUT2D eigenvalue weighted by molar-refractivity contribution is -0.608. The summed E-state index contributed by atoms with van der Waals surface area (Å²) < 4.78 is 0.206. The first kappa shape index (κ1) is 8.32. The molecule has 64 valence electrons. The first-order valence-corrected chi connectivity index (χ1v) is 3.18. The van der Waals surface area contributed by atoms with Gasteiger partial charge >= 0.3 is 0 Å². The maximum absolute atomic E-state index is 10.9. The van der Waals surface area contributed by atoms with Crippen molar-refractivity contribution >= 4 is 5.78 Å². The van der Waals surface area contributed by atoms with Crippen LogP contribution in [0.15, 0.2) is 12.3 Å². The summed E-state index contributed by atoms with van der Waals surface area (Å²) in [7, 11) is 0. The van der Waals surface area contributed by atoms with Crippen molar-refractivity contribution in [3.05, 3.63) is 23.2 Å². The van der Waals surface area contributed by atoms with Crippen LogP contribution in [0.4, 0.5) is 0 Å². The van der Waals surface area contributed by atoms with E-state index in [1.807, 2.05) is 0 Å². The highest BCUT2D eigenvalue weighted by Crippen LogP contribution is 2.21. The predicted molar refractivity (Wildman–Crippen MR) is 38.7 cm³/mol. The highest BCUT2D eigenvalue weighted by molar-refractivity contribution is 5.91. The first-order chi connectivity index (χ1) is 5.52. The first-order valence-electron chi connectivity index (χ1n) is 3.18. The van der Waals surface area contributed by atoms with Gasteiger partial charge in [0, 0.05) is 6.92 Å². The van der Waals surface area contributed by atoms with Crippen LogP contribution in [0.3, 0.4) is 0 Å². The van der Waals surface area contributed by atoms with Gasteiger partial charge in [-0.1, -0.05) is 0 Å². The van der Waals surface area contributed by atoms with E-state index in [2.05, 4.69) is 0 Å². The van der Waals surface area contributed by atoms with Gasteiger partial charge in [-0.15, -0.1) is 0 Å². The van der Waals surface area contributed by atoms with Crippen LogP contribution in [0.2, 0.25) is 0 Å². The second-order valence-electron chi connectivity index (χ2n) is 2.31. The molecule has 5 heteroatoms. The Balaban J connectivity index is 3.33. The number of aromatic nitrogens is 1. The third-order valence-corrected chi connectivity index (χ3v) is 1.37. The van der Waals surface area contributed by atoms with Crippen LogP contribution in [0, 0.1) is 5.21 Å². The molecule has 0 spiro atoms. The molecule has 0 saturated carbocycles. The van der Waals surface area contributed by atoms with Gasteiger partial charge in [0.25, 0.3) is 5.69 Å². The molecule has 0 atom stereocenters. The van der Waals surface area contributed by atoms with Gasteiger partial charge in [0.05, 0.1) is 6.07 Å². The van der Waals surface area contributed by atoms with Gasteiger partial charge in [0.2, 0.25) is 17.7 Å². The van der Waals surface area contributed by atoms with Gasteiger partial charge in [0.1, 0.15) is 0 Å². The summed E-state index contributed by atoms with van der Waals surface area (Å²) in [5, 5.41) is 28.6. The zero-order valence-corrected chi connectivity index (χ0v) is 6.31. The third kappa shape index (κ3) is 1.29. The molecule has 0 radical (unpaired) electrons. The quantitative estimate of drug-likeness (QED) is 0.350. The largest absolute Gasteiger partial charge is 0.618 e. The van der Waals surface area contributed by atoms with E-state index < -0.39 is 17.3 Å². The minimum absolute atomic E-state index is 0.203. The standard InChI is InChI=1S/C7H7NO4/c1-4(9)5-2-6(10)7(11)3-8(5)12/h2-3,10-11H,1H3. The Kier molecular flexibility index (Phi) is 1.86. The fourth-order valence-electron chi connectivity index (χ4n) is 0.771. The lowest BCUT2D eigenvalue weighted by Crippen LogP contribution is -2.33. The van der Waals surface area contributed by atoms with Crippen LogP contribution >= 0.6 is 0 Å². The van der Waals surface area contributed by atoms with Gasteiger partial charge in [0.15, 0.2) is 5.75 Å². The fraction of sp³-hybridized carbons (Fsp3) is 0.143. The van der Waals surface area contributed by atoms with Crippen molar-refractivity contribution in [3.63, 3.8) is 0 Å². The Morgan fingerprint density at radius 1 is 1.50 bits per heavy atom. The van der Waals surface area contributed by atoms with Gasteiger partial charge in [-0.05, 0) is 0 Å². The minimum atomic E-state index is -0.546. The van der Waals surface area contributed by atoms with E-state index in [-0.39, 0.29) is 10.4 Å². The van der Waals surface area contributed by atoms with E-state index in [9.17, 15) is 10.0 Å². The SMILES string of the molecule is CC(=O)c1cc(O)c(O)c[n+]1[O-]. The number of hydrogen-bond donors (Lipinski definition) is 2. The zero-order valence-electron chi connectivity index (χ0n) is 6.31. The Bertz CT molecular complexity index is 334. The van der Waals surface area contributed by atoms with Crippen LogP contribution in [-0.2, 0) is 0 Å². The molecule has 0 fully saturated rings. The van der Waals surface area contributed by atoms with Crippen molar-refractivity contribution in [1.29, 1.82) is 0 Å². The number of carbonyl (C=O) groups excluding carboxylic acids is 1. The Morgan fingerprint density at radius 2 is 2.08 bits per heavy atom.